The van der Waals surface area contributed by atoms with Gasteiger partial charge in [-0.15, -0.1) is 0 Å². The largest absolute Gasteiger partial charge is 0.427 e. The molecule has 0 N–H and O–H groups in total. The van der Waals surface area contributed by atoms with Crippen LogP contribution in [0.2, 0.25) is 0 Å². The summed E-state index contributed by atoms with van der Waals surface area (Å²) in [6.07, 6.45) is 2.35. The number of hydrogen-bond donors (Lipinski definition) is 0. The maximum atomic E-state index is 11.2. The summed E-state index contributed by atoms with van der Waals surface area (Å²) in [5.74, 6) is 0.846. The van der Waals surface area contributed by atoms with Gasteiger partial charge in [-0.3, -0.25) is 9.69 Å². The van der Waals surface area contributed by atoms with Crippen molar-refractivity contribution in [2.45, 2.75) is 20.3 Å². The topological polar surface area (TPSA) is 55.3 Å². The van der Waals surface area contributed by atoms with Crippen molar-refractivity contribution in [2.75, 3.05) is 4.90 Å². The molecule has 0 radical (unpaired) electrons. The number of benzene rings is 3. The zero-order chi connectivity index (χ0) is 23.2. The van der Waals surface area contributed by atoms with Crippen molar-refractivity contribution in [1.82, 2.24) is 9.97 Å². The predicted molar refractivity (Wildman–Crippen MR) is 135 cm³/mol. The molecule has 0 aliphatic heterocycles. The molecule has 4 aromatic rings. The molecule has 0 bridgehead atoms. The van der Waals surface area contributed by atoms with Crippen LogP contribution in [0.5, 0.6) is 5.75 Å². The van der Waals surface area contributed by atoms with Crippen molar-refractivity contribution < 1.29 is 9.53 Å². The maximum Gasteiger partial charge on any atom is 0.308 e. The molecule has 4 rings (SSSR count). The number of anilines is 2. The number of rotatable bonds is 6. The lowest BCUT2D eigenvalue weighted by molar-refractivity contribution is -0.131. The number of nitrogens with zero attached hydrogens (tertiary/aromatic N) is 3. The average Bonchev–Trinajstić information content (AvgIpc) is 2.81. The van der Waals surface area contributed by atoms with Gasteiger partial charge in [-0.05, 0) is 48.9 Å². The van der Waals surface area contributed by atoms with E-state index >= 15 is 0 Å². The van der Waals surface area contributed by atoms with Crippen molar-refractivity contribution in [3.8, 4) is 17.0 Å². The molecule has 0 saturated heterocycles. The van der Waals surface area contributed by atoms with Gasteiger partial charge in [0, 0.05) is 24.6 Å². The first kappa shape index (κ1) is 22.3. The van der Waals surface area contributed by atoms with E-state index in [1.54, 1.807) is 18.3 Å². The number of thiocarbonyl (C=S) groups is 1. The Morgan fingerprint density at radius 1 is 0.909 bits per heavy atom. The summed E-state index contributed by atoms with van der Waals surface area (Å²) in [5.41, 5.74) is 4.49. The van der Waals surface area contributed by atoms with Gasteiger partial charge in [-0.1, -0.05) is 60.7 Å². The second-order valence-electron chi connectivity index (χ2n) is 7.50. The first-order valence-electron chi connectivity index (χ1n) is 10.6. The monoisotopic (exact) mass is 453 g/mol. The summed E-state index contributed by atoms with van der Waals surface area (Å²) < 4.78 is 5.14. The van der Waals surface area contributed by atoms with Crippen LogP contribution >= 0.6 is 12.2 Å². The van der Waals surface area contributed by atoms with Gasteiger partial charge in [-0.25, -0.2) is 9.97 Å². The summed E-state index contributed by atoms with van der Waals surface area (Å²) in [4.78, 5) is 23.6. The van der Waals surface area contributed by atoms with E-state index in [0.717, 1.165) is 28.2 Å². The fraction of sp³-hybridized carbons (Fsp3) is 0.111. The molecule has 5 nitrogen and oxygen atoms in total. The third-order valence-corrected chi connectivity index (χ3v) is 5.17. The zero-order valence-corrected chi connectivity index (χ0v) is 19.3. The van der Waals surface area contributed by atoms with Gasteiger partial charge in [-0.2, -0.15) is 0 Å². The molecule has 0 aliphatic rings. The minimum absolute atomic E-state index is 0.353. The lowest BCUT2D eigenvalue weighted by Gasteiger charge is -2.25. The normalized spacial score (nSPS) is 10.5. The number of para-hydroxylation sites is 1. The van der Waals surface area contributed by atoms with E-state index in [9.17, 15) is 4.79 Å². The minimum atomic E-state index is -0.353. The highest BCUT2D eigenvalue weighted by Crippen LogP contribution is 2.30. The summed E-state index contributed by atoms with van der Waals surface area (Å²) in [7, 11) is 0. The van der Waals surface area contributed by atoms with Crippen LogP contribution in [0.4, 0.5) is 11.5 Å². The molecule has 33 heavy (non-hydrogen) atoms. The van der Waals surface area contributed by atoms with Gasteiger partial charge in [0.05, 0.1) is 22.6 Å². The second kappa shape index (κ2) is 10.1. The molecule has 0 spiro atoms. The maximum absolute atomic E-state index is 11.2. The Morgan fingerprint density at radius 2 is 1.55 bits per heavy atom. The number of ether oxygens (including phenoxy) is 1. The standard InChI is InChI=1S/C27H23N3O2S/c1-19(33)30(23-11-7-4-8-12-23)27-25(17-21-9-5-3-6-10-21)29-26(18-28-27)22-13-15-24(16-14-22)32-20(2)31/h3-16,18H,17H2,1-2H3. The first-order valence-corrected chi connectivity index (χ1v) is 11.0. The van der Waals surface area contributed by atoms with Crippen LogP contribution in [0.3, 0.4) is 0 Å². The van der Waals surface area contributed by atoms with Gasteiger partial charge < -0.3 is 4.74 Å². The van der Waals surface area contributed by atoms with Crippen molar-refractivity contribution in [1.29, 1.82) is 0 Å². The molecule has 3 aromatic carbocycles. The summed E-state index contributed by atoms with van der Waals surface area (Å²) in [6.45, 7) is 3.27. The lowest BCUT2D eigenvalue weighted by Crippen LogP contribution is -2.24. The summed E-state index contributed by atoms with van der Waals surface area (Å²) >= 11 is 5.60. The Hall–Kier alpha value is -3.90. The van der Waals surface area contributed by atoms with Crippen molar-refractivity contribution in [3.63, 3.8) is 0 Å². The van der Waals surface area contributed by atoms with E-state index in [2.05, 4.69) is 12.1 Å². The fourth-order valence-corrected chi connectivity index (χ4v) is 3.74. The van der Waals surface area contributed by atoms with Crippen LogP contribution in [0, 0.1) is 0 Å². The number of carbonyl (C=O) groups excluding carboxylic acids is 1. The van der Waals surface area contributed by atoms with E-state index in [4.69, 9.17) is 26.9 Å². The van der Waals surface area contributed by atoms with Gasteiger partial charge in [0.1, 0.15) is 5.75 Å². The van der Waals surface area contributed by atoms with E-state index in [0.29, 0.717) is 23.0 Å². The Bertz CT molecular complexity index is 1260. The molecule has 0 aliphatic carbocycles. The molecule has 0 fully saturated rings. The SMILES string of the molecule is CC(=O)Oc1ccc(-c2cnc(N(C(C)=S)c3ccccc3)c(Cc3ccccc3)n2)cc1. The minimum Gasteiger partial charge on any atom is -0.427 e. The molecular weight excluding hydrogens is 430 g/mol. The van der Waals surface area contributed by atoms with Crippen molar-refractivity contribution in [3.05, 3.63) is 102 Å². The third-order valence-electron chi connectivity index (χ3n) is 4.99. The van der Waals surface area contributed by atoms with Crippen molar-refractivity contribution in [2.24, 2.45) is 0 Å². The Kier molecular flexibility index (Phi) is 6.86. The van der Waals surface area contributed by atoms with E-state index in [-0.39, 0.29) is 5.97 Å². The smallest absolute Gasteiger partial charge is 0.308 e. The lowest BCUT2D eigenvalue weighted by atomic mass is 10.1. The predicted octanol–water partition coefficient (Wildman–Crippen LogP) is 6.15. The van der Waals surface area contributed by atoms with Gasteiger partial charge in [0.25, 0.3) is 0 Å². The highest BCUT2D eigenvalue weighted by atomic mass is 32.1. The molecule has 1 aromatic heterocycles. The molecule has 1 heterocycles. The molecule has 0 saturated carbocycles. The summed E-state index contributed by atoms with van der Waals surface area (Å²) in [6, 6.07) is 27.3. The Labute approximate surface area is 198 Å². The molecule has 6 heteroatoms. The van der Waals surface area contributed by atoms with Crippen LogP contribution in [-0.2, 0) is 11.2 Å². The zero-order valence-electron chi connectivity index (χ0n) is 18.4. The summed E-state index contributed by atoms with van der Waals surface area (Å²) in [5, 5.41) is 0. The highest BCUT2D eigenvalue weighted by molar-refractivity contribution is 7.80. The Morgan fingerprint density at radius 3 is 2.15 bits per heavy atom. The van der Waals surface area contributed by atoms with E-state index in [1.165, 1.54) is 6.92 Å². The fourth-order valence-electron chi connectivity index (χ4n) is 3.54. The quantitative estimate of drug-likeness (QED) is 0.198. The first-order chi connectivity index (χ1) is 16.0. The number of hydrogen-bond acceptors (Lipinski definition) is 5. The van der Waals surface area contributed by atoms with Crippen LogP contribution in [0.25, 0.3) is 11.3 Å². The highest BCUT2D eigenvalue weighted by Gasteiger charge is 2.19. The van der Waals surface area contributed by atoms with Crippen molar-refractivity contribution >= 4 is 34.7 Å². The van der Waals surface area contributed by atoms with E-state index in [1.807, 2.05) is 72.5 Å². The Balaban J connectivity index is 1.78. The van der Waals surface area contributed by atoms with Crippen LogP contribution in [-0.4, -0.2) is 20.9 Å². The molecule has 0 atom stereocenters. The number of aromatic nitrogens is 2. The van der Waals surface area contributed by atoms with Gasteiger partial charge in [0.15, 0.2) is 5.82 Å². The molecule has 0 amide bonds. The van der Waals surface area contributed by atoms with Crippen LogP contribution < -0.4 is 9.64 Å². The van der Waals surface area contributed by atoms with E-state index < -0.39 is 0 Å². The van der Waals surface area contributed by atoms with Crippen LogP contribution in [0.1, 0.15) is 25.1 Å². The number of esters is 1. The van der Waals surface area contributed by atoms with Gasteiger partial charge >= 0.3 is 5.97 Å². The number of carbonyl (C=O) groups is 1. The second-order valence-corrected chi connectivity index (χ2v) is 8.09. The molecule has 0 unspecified atom stereocenters. The third kappa shape index (κ3) is 5.48. The molecule has 164 valence electrons. The molecular formula is C27H23N3O2S. The average molecular weight is 454 g/mol. The van der Waals surface area contributed by atoms with Gasteiger partial charge in [0.2, 0.25) is 0 Å². The van der Waals surface area contributed by atoms with Crippen LogP contribution in [0.15, 0.2) is 91.1 Å².